The molecule has 1 aromatic carbocycles. The second-order valence-electron chi connectivity index (χ2n) is 6.40. The van der Waals surface area contributed by atoms with E-state index < -0.39 is 0 Å². The molecule has 1 aliphatic rings. The lowest BCUT2D eigenvalue weighted by molar-refractivity contribution is 0.276. The number of piperazine rings is 1. The van der Waals surface area contributed by atoms with Crippen molar-refractivity contribution in [1.82, 2.24) is 5.32 Å². The van der Waals surface area contributed by atoms with Gasteiger partial charge >= 0.3 is 0 Å². The molecular weight excluding hydrogens is 244 g/mol. The molecule has 0 saturated carbocycles. The lowest BCUT2D eigenvalue weighted by Gasteiger charge is -2.47. The van der Waals surface area contributed by atoms with Crippen molar-refractivity contribution in [2.45, 2.75) is 65.0 Å². The molecule has 2 rings (SSSR count). The van der Waals surface area contributed by atoms with Gasteiger partial charge in [-0.2, -0.15) is 0 Å². The van der Waals surface area contributed by atoms with Crippen molar-refractivity contribution in [1.29, 1.82) is 0 Å². The molecule has 0 amide bonds. The predicted octanol–water partition coefficient (Wildman–Crippen LogP) is 4.00. The van der Waals surface area contributed by atoms with Crippen LogP contribution in [0.2, 0.25) is 0 Å². The summed E-state index contributed by atoms with van der Waals surface area (Å²) in [6.07, 6.45) is 4.78. The number of nitrogens with one attached hydrogen (secondary N) is 1. The van der Waals surface area contributed by atoms with Crippen LogP contribution in [-0.4, -0.2) is 24.7 Å². The molecule has 1 heterocycles. The molecule has 1 N–H and O–H groups in total. The minimum Gasteiger partial charge on any atom is -0.365 e. The minimum atomic E-state index is 0.244. The van der Waals surface area contributed by atoms with E-state index in [-0.39, 0.29) is 5.54 Å². The normalized spacial score (nSPS) is 26.8. The first kappa shape index (κ1) is 15.4. The van der Waals surface area contributed by atoms with Gasteiger partial charge in [0.25, 0.3) is 0 Å². The van der Waals surface area contributed by atoms with E-state index in [0.717, 1.165) is 13.1 Å². The van der Waals surface area contributed by atoms with Gasteiger partial charge in [-0.15, -0.1) is 0 Å². The van der Waals surface area contributed by atoms with Gasteiger partial charge in [0.2, 0.25) is 0 Å². The number of aryl methyl sites for hydroxylation is 1. The van der Waals surface area contributed by atoms with Crippen molar-refractivity contribution in [3.63, 3.8) is 0 Å². The Labute approximate surface area is 124 Å². The van der Waals surface area contributed by atoms with Crippen molar-refractivity contribution in [3.05, 3.63) is 29.8 Å². The van der Waals surface area contributed by atoms with Gasteiger partial charge in [0.05, 0.1) is 0 Å². The third-order valence-electron chi connectivity index (χ3n) is 4.78. The van der Waals surface area contributed by atoms with Gasteiger partial charge in [0, 0.05) is 30.4 Å². The third-order valence-corrected chi connectivity index (χ3v) is 4.78. The fourth-order valence-electron chi connectivity index (χ4n) is 3.08. The maximum absolute atomic E-state index is 3.74. The summed E-state index contributed by atoms with van der Waals surface area (Å²) in [5, 5.41) is 3.74. The summed E-state index contributed by atoms with van der Waals surface area (Å²) >= 11 is 0. The van der Waals surface area contributed by atoms with Gasteiger partial charge in [0.1, 0.15) is 0 Å². The van der Waals surface area contributed by atoms with Crippen molar-refractivity contribution >= 4 is 5.69 Å². The molecule has 2 unspecified atom stereocenters. The maximum atomic E-state index is 3.74. The second kappa shape index (κ2) is 6.62. The third kappa shape index (κ3) is 3.35. The zero-order valence-corrected chi connectivity index (χ0v) is 13.6. The maximum Gasteiger partial charge on any atom is 0.0412 e. The molecule has 2 nitrogen and oxygen atoms in total. The largest absolute Gasteiger partial charge is 0.365 e. The van der Waals surface area contributed by atoms with Crippen LogP contribution >= 0.6 is 0 Å². The van der Waals surface area contributed by atoms with Gasteiger partial charge in [-0.1, -0.05) is 39.3 Å². The SMILES string of the molecule is CCCc1ccc(N2CC(C)(CC)NCC2CC)cc1. The van der Waals surface area contributed by atoms with E-state index in [1.165, 1.54) is 36.9 Å². The summed E-state index contributed by atoms with van der Waals surface area (Å²) in [7, 11) is 0. The van der Waals surface area contributed by atoms with Crippen LogP contribution in [-0.2, 0) is 6.42 Å². The van der Waals surface area contributed by atoms with Crippen LogP contribution < -0.4 is 10.2 Å². The highest BCUT2D eigenvalue weighted by molar-refractivity contribution is 5.50. The lowest BCUT2D eigenvalue weighted by atomic mass is 9.92. The first-order valence-electron chi connectivity index (χ1n) is 8.22. The van der Waals surface area contributed by atoms with E-state index in [0.29, 0.717) is 6.04 Å². The number of anilines is 1. The first-order valence-corrected chi connectivity index (χ1v) is 8.22. The predicted molar refractivity (Wildman–Crippen MR) is 88.6 cm³/mol. The number of hydrogen-bond acceptors (Lipinski definition) is 2. The highest BCUT2D eigenvalue weighted by atomic mass is 15.3. The molecular formula is C18H30N2. The zero-order chi connectivity index (χ0) is 14.6. The minimum absolute atomic E-state index is 0.244. The van der Waals surface area contributed by atoms with Gasteiger partial charge in [0.15, 0.2) is 0 Å². The molecule has 1 saturated heterocycles. The molecule has 0 bridgehead atoms. The fraction of sp³-hybridized carbons (Fsp3) is 0.667. The zero-order valence-electron chi connectivity index (χ0n) is 13.6. The molecule has 1 aliphatic heterocycles. The Balaban J connectivity index is 2.18. The fourth-order valence-corrected chi connectivity index (χ4v) is 3.08. The Morgan fingerprint density at radius 3 is 2.45 bits per heavy atom. The van der Waals surface area contributed by atoms with Gasteiger partial charge < -0.3 is 10.2 Å². The summed E-state index contributed by atoms with van der Waals surface area (Å²) in [6, 6.07) is 9.85. The lowest BCUT2D eigenvalue weighted by Crippen LogP contribution is -2.62. The van der Waals surface area contributed by atoms with Crippen LogP contribution in [0, 0.1) is 0 Å². The Bertz CT molecular complexity index is 412. The highest BCUT2D eigenvalue weighted by Crippen LogP contribution is 2.27. The molecule has 0 aromatic heterocycles. The van der Waals surface area contributed by atoms with Gasteiger partial charge in [-0.05, 0) is 43.9 Å². The van der Waals surface area contributed by atoms with Crippen LogP contribution in [0.1, 0.15) is 52.5 Å². The average molecular weight is 274 g/mol. The molecule has 2 atom stereocenters. The van der Waals surface area contributed by atoms with E-state index in [1.54, 1.807) is 0 Å². The number of nitrogens with zero attached hydrogens (tertiary/aromatic N) is 1. The van der Waals surface area contributed by atoms with Crippen molar-refractivity contribution in [3.8, 4) is 0 Å². The molecule has 1 aromatic rings. The average Bonchev–Trinajstić information content (AvgIpc) is 2.48. The van der Waals surface area contributed by atoms with E-state index in [9.17, 15) is 0 Å². The molecule has 1 fully saturated rings. The van der Waals surface area contributed by atoms with Crippen molar-refractivity contribution in [2.24, 2.45) is 0 Å². The van der Waals surface area contributed by atoms with Crippen molar-refractivity contribution in [2.75, 3.05) is 18.0 Å². The van der Waals surface area contributed by atoms with Crippen LogP contribution in [0.5, 0.6) is 0 Å². The first-order chi connectivity index (χ1) is 9.61. The molecule has 20 heavy (non-hydrogen) atoms. The molecule has 112 valence electrons. The Morgan fingerprint density at radius 1 is 1.20 bits per heavy atom. The van der Waals surface area contributed by atoms with Crippen LogP contribution in [0.4, 0.5) is 5.69 Å². The van der Waals surface area contributed by atoms with E-state index in [2.05, 4.69) is 62.2 Å². The summed E-state index contributed by atoms with van der Waals surface area (Å²) in [6.45, 7) is 11.4. The standard InChI is InChI=1S/C18H30N2/c1-5-8-15-9-11-17(12-10-15)20-14-18(4,7-3)19-13-16(20)6-2/h9-12,16,19H,5-8,13-14H2,1-4H3. The van der Waals surface area contributed by atoms with E-state index in [4.69, 9.17) is 0 Å². The van der Waals surface area contributed by atoms with Gasteiger partial charge in [-0.3, -0.25) is 0 Å². The second-order valence-corrected chi connectivity index (χ2v) is 6.40. The quantitative estimate of drug-likeness (QED) is 0.873. The van der Waals surface area contributed by atoms with Crippen molar-refractivity contribution < 1.29 is 0 Å². The Hall–Kier alpha value is -1.02. The van der Waals surface area contributed by atoms with E-state index in [1.807, 2.05) is 0 Å². The Morgan fingerprint density at radius 2 is 1.90 bits per heavy atom. The molecule has 0 radical (unpaired) electrons. The number of benzene rings is 1. The van der Waals surface area contributed by atoms with Gasteiger partial charge in [-0.25, -0.2) is 0 Å². The molecule has 0 spiro atoms. The monoisotopic (exact) mass is 274 g/mol. The summed E-state index contributed by atoms with van der Waals surface area (Å²) < 4.78 is 0. The smallest absolute Gasteiger partial charge is 0.0412 e. The summed E-state index contributed by atoms with van der Waals surface area (Å²) in [4.78, 5) is 2.61. The summed E-state index contributed by atoms with van der Waals surface area (Å²) in [5.41, 5.74) is 3.09. The van der Waals surface area contributed by atoms with Crippen LogP contribution in [0.15, 0.2) is 24.3 Å². The number of hydrogen-bond donors (Lipinski definition) is 1. The summed E-state index contributed by atoms with van der Waals surface area (Å²) in [5.74, 6) is 0. The molecule has 0 aliphatic carbocycles. The molecule has 2 heteroatoms. The van der Waals surface area contributed by atoms with E-state index >= 15 is 0 Å². The topological polar surface area (TPSA) is 15.3 Å². The number of rotatable bonds is 5. The van der Waals surface area contributed by atoms with Crippen LogP contribution in [0.3, 0.4) is 0 Å². The Kier molecular flexibility index (Phi) is 5.09. The van der Waals surface area contributed by atoms with Crippen LogP contribution in [0.25, 0.3) is 0 Å². The highest BCUT2D eigenvalue weighted by Gasteiger charge is 2.33.